The van der Waals surface area contributed by atoms with E-state index in [0.29, 0.717) is 25.0 Å². The molecule has 0 amide bonds. The molecular formula is C14H22N4O3. The molecule has 0 aromatic carbocycles. The van der Waals surface area contributed by atoms with Crippen LogP contribution < -0.4 is 9.64 Å². The number of rotatable bonds is 6. The van der Waals surface area contributed by atoms with Crippen LogP contribution >= 0.6 is 0 Å². The van der Waals surface area contributed by atoms with E-state index in [2.05, 4.69) is 19.8 Å². The lowest BCUT2D eigenvalue weighted by Crippen LogP contribution is -2.32. The van der Waals surface area contributed by atoms with Crippen LogP contribution in [-0.4, -0.2) is 65.3 Å². The number of aromatic nitrogens is 2. The molecule has 1 N–H and O–H groups in total. The van der Waals surface area contributed by atoms with E-state index in [4.69, 9.17) is 9.84 Å². The fourth-order valence-corrected chi connectivity index (χ4v) is 2.36. The van der Waals surface area contributed by atoms with Crippen molar-refractivity contribution in [3.63, 3.8) is 0 Å². The van der Waals surface area contributed by atoms with Gasteiger partial charge in [0.1, 0.15) is 0 Å². The highest BCUT2D eigenvalue weighted by molar-refractivity contribution is 5.66. The Balaban J connectivity index is 1.93. The van der Waals surface area contributed by atoms with Gasteiger partial charge in [-0.3, -0.25) is 4.79 Å². The fourth-order valence-electron chi connectivity index (χ4n) is 2.36. The fraction of sp³-hybridized carbons (Fsp3) is 0.643. The third-order valence-electron chi connectivity index (χ3n) is 3.42. The van der Waals surface area contributed by atoms with Crippen LogP contribution in [0.2, 0.25) is 0 Å². The molecule has 7 heteroatoms. The molecule has 0 atom stereocenters. The Morgan fingerprint density at radius 3 is 3.00 bits per heavy atom. The highest BCUT2D eigenvalue weighted by atomic mass is 16.5. The minimum Gasteiger partial charge on any atom is -0.481 e. The Hall–Kier alpha value is -1.89. The van der Waals surface area contributed by atoms with Crippen molar-refractivity contribution in [2.75, 3.05) is 44.2 Å². The molecule has 0 saturated carbocycles. The SMILES string of the molecule is CCOc1ccnc(N2CCCN(CCC(=O)O)CC2)n1. The molecule has 1 aromatic heterocycles. The first-order valence-electron chi connectivity index (χ1n) is 7.34. The Morgan fingerprint density at radius 1 is 1.38 bits per heavy atom. The minimum atomic E-state index is -0.746. The minimum absolute atomic E-state index is 0.191. The number of anilines is 1. The van der Waals surface area contributed by atoms with Crippen molar-refractivity contribution in [2.45, 2.75) is 19.8 Å². The summed E-state index contributed by atoms with van der Waals surface area (Å²) >= 11 is 0. The van der Waals surface area contributed by atoms with Gasteiger partial charge in [-0.15, -0.1) is 0 Å². The zero-order chi connectivity index (χ0) is 15.1. The Kier molecular flexibility index (Phi) is 5.74. The lowest BCUT2D eigenvalue weighted by molar-refractivity contribution is -0.137. The number of carboxylic acids is 1. The number of aliphatic carboxylic acids is 1. The van der Waals surface area contributed by atoms with Crippen molar-refractivity contribution in [1.82, 2.24) is 14.9 Å². The molecule has 0 aliphatic carbocycles. The topological polar surface area (TPSA) is 78.8 Å². The average Bonchev–Trinajstić information content (AvgIpc) is 2.71. The van der Waals surface area contributed by atoms with Gasteiger partial charge in [0.25, 0.3) is 0 Å². The van der Waals surface area contributed by atoms with Crippen LogP contribution in [0.4, 0.5) is 5.95 Å². The maximum absolute atomic E-state index is 10.6. The zero-order valence-electron chi connectivity index (χ0n) is 12.4. The molecule has 0 unspecified atom stereocenters. The second-order valence-corrected chi connectivity index (χ2v) is 4.95. The molecule has 0 bridgehead atoms. The van der Waals surface area contributed by atoms with Gasteiger partial charge in [0.2, 0.25) is 11.8 Å². The molecular weight excluding hydrogens is 272 g/mol. The van der Waals surface area contributed by atoms with Crippen molar-refractivity contribution in [3.05, 3.63) is 12.3 Å². The largest absolute Gasteiger partial charge is 0.481 e. The van der Waals surface area contributed by atoms with Gasteiger partial charge in [0.15, 0.2) is 0 Å². The number of ether oxygens (including phenoxy) is 1. The van der Waals surface area contributed by atoms with Crippen LogP contribution in [0.5, 0.6) is 5.88 Å². The first-order valence-corrected chi connectivity index (χ1v) is 7.34. The number of hydrogen-bond donors (Lipinski definition) is 1. The summed E-state index contributed by atoms with van der Waals surface area (Å²) in [6.07, 6.45) is 2.87. The molecule has 116 valence electrons. The molecule has 1 saturated heterocycles. The van der Waals surface area contributed by atoms with E-state index in [9.17, 15) is 4.79 Å². The van der Waals surface area contributed by atoms with Gasteiger partial charge in [-0.1, -0.05) is 0 Å². The van der Waals surface area contributed by atoms with Gasteiger partial charge < -0.3 is 19.6 Å². The van der Waals surface area contributed by atoms with Crippen molar-refractivity contribution in [2.24, 2.45) is 0 Å². The Bertz CT molecular complexity index is 469. The Morgan fingerprint density at radius 2 is 2.24 bits per heavy atom. The second-order valence-electron chi connectivity index (χ2n) is 4.95. The summed E-state index contributed by atoms with van der Waals surface area (Å²) in [5, 5.41) is 8.75. The summed E-state index contributed by atoms with van der Waals surface area (Å²) < 4.78 is 5.40. The lowest BCUT2D eigenvalue weighted by Gasteiger charge is -2.21. The molecule has 0 radical (unpaired) electrons. The van der Waals surface area contributed by atoms with Gasteiger partial charge in [-0.05, 0) is 19.9 Å². The number of nitrogens with zero attached hydrogens (tertiary/aromatic N) is 4. The monoisotopic (exact) mass is 294 g/mol. The second kappa shape index (κ2) is 7.78. The molecule has 2 heterocycles. The van der Waals surface area contributed by atoms with Gasteiger partial charge in [-0.25, -0.2) is 4.98 Å². The molecule has 0 spiro atoms. The molecule has 1 aliphatic heterocycles. The van der Waals surface area contributed by atoms with Gasteiger partial charge in [0, 0.05) is 38.4 Å². The summed E-state index contributed by atoms with van der Waals surface area (Å²) in [6, 6.07) is 1.75. The number of carboxylic acid groups (broad SMARTS) is 1. The van der Waals surface area contributed by atoms with E-state index >= 15 is 0 Å². The first kappa shape index (κ1) is 15.5. The summed E-state index contributed by atoms with van der Waals surface area (Å²) in [5.41, 5.74) is 0. The van der Waals surface area contributed by atoms with Crippen LogP contribution in [0, 0.1) is 0 Å². The third-order valence-corrected chi connectivity index (χ3v) is 3.42. The lowest BCUT2D eigenvalue weighted by atomic mass is 10.3. The van der Waals surface area contributed by atoms with E-state index < -0.39 is 5.97 Å². The maximum Gasteiger partial charge on any atom is 0.304 e. The number of hydrogen-bond acceptors (Lipinski definition) is 6. The summed E-state index contributed by atoms with van der Waals surface area (Å²) in [4.78, 5) is 23.7. The van der Waals surface area contributed by atoms with E-state index in [1.54, 1.807) is 12.3 Å². The first-order chi connectivity index (χ1) is 10.2. The van der Waals surface area contributed by atoms with E-state index in [0.717, 1.165) is 32.6 Å². The van der Waals surface area contributed by atoms with Crippen LogP contribution in [-0.2, 0) is 4.79 Å². The van der Waals surface area contributed by atoms with Gasteiger partial charge in [-0.2, -0.15) is 4.98 Å². The maximum atomic E-state index is 10.6. The average molecular weight is 294 g/mol. The van der Waals surface area contributed by atoms with E-state index in [1.807, 2.05) is 6.92 Å². The summed E-state index contributed by atoms with van der Waals surface area (Å²) in [6.45, 7) is 6.52. The van der Waals surface area contributed by atoms with Crippen molar-refractivity contribution in [1.29, 1.82) is 0 Å². The zero-order valence-corrected chi connectivity index (χ0v) is 12.4. The normalized spacial score (nSPS) is 16.5. The molecule has 1 aliphatic rings. The quantitative estimate of drug-likeness (QED) is 0.833. The highest BCUT2D eigenvalue weighted by Crippen LogP contribution is 2.15. The van der Waals surface area contributed by atoms with E-state index in [1.165, 1.54) is 0 Å². The number of carbonyl (C=O) groups is 1. The molecule has 2 rings (SSSR count). The highest BCUT2D eigenvalue weighted by Gasteiger charge is 2.17. The van der Waals surface area contributed by atoms with Crippen LogP contribution in [0.25, 0.3) is 0 Å². The van der Waals surface area contributed by atoms with Crippen molar-refractivity contribution < 1.29 is 14.6 Å². The van der Waals surface area contributed by atoms with E-state index in [-0.39, 0.29) is 6.42 Å². The predicted octanol–water partition coefficient (Wildman–Crippen LogP) is 0.862. The summed E-state index contributed by atoms with van der Waals surface area (Å²) in [7, 11) is 0. The smallest absolute Gasteiger partial charge is 0.304 e. The predicted molar refractivity (Wildman–Crippen MR) is 78.7 cm³/mol. The molecule has 21 heavy (non-hydrogen) atoms. The van der Waals surface area contributed by atoms with Crippen LogP contribution in [0.15, 0.2) is 12.3 Å². The van der Waals surface area contributed by atoms with Crippen LogP contribution in [0.3, 0.4) is 0 Å². The third kappa shape index (κ3) is 4.86. The van der Waals surface area contributed by atoms with Crippen LogP contribution in [0.1, 0.15) is 19.8 Å². The van der Waals surface area contributed by atoms with Crippen molar-refractivity contribution >= 4 is 11.9 Å². The molecule has 7 nitrogen and oxygen atoms in total. The van der Waals surface area contributed by atoms with Crippen molar-refractivity contribution in [3.8, 4) is 5.88 Å². The molecule has 1 fully saturated rings. The molecule has 1 aromatic rings. The summed E-state index contributed by atoms with van der Waals surface area (Å²) in [5.74, 6) is 0.527. The Labute approximate surface area is 124 Å². The standard InChI is InChI=1S/C14H22N4O3/c1-2-21-12-4-6-15-14(16-12)18-8-3-7-17(10-11-18)9-5-13(19)20/h4,6H,2-3,5,7-11H2,1H3,(H,19,20). The van der Waals surface area contributed by atoms with Gasteiger partial charge >= 0.3 is 5.97 Å². The van der Waals surface area contributed by atoms with Gasteiger partial charge in [0.05, 0.1) is 13.0 Å².